The first-order valence-corrected chi connectivity index (χ1v) is 12.4. The third kappa shape index (κ3) is 6.27. The van der Waals surface area contributed by atoms with Crippen LogP contribution in [0.25, 0.3) is 11.2 Å². The van der Waals surface area contributed by atoms with Crippen LogP contribution in [0, 0.1) is 0 Å². The first kappa shape index (κ1) is 24.8. The lowest BCUT2D eigenvalue weighted by molar-refractivity contribution is -0.127. The summed E-state index contributed by atoms with van der Waals surface area (Å²) in [7, 11) is 0. The molecule has 1 atom stereocenters. The molecule has 0 aliphatic carbocycles. The van der Waals surface area contributed by atoms with E-state index in [0.717, 1.165) is 25.1 Å². The van der Waals surface area contributed by atoms with E-state index in [0.29, 0.717) is 80.6 Å². The van der Waals surface area contributed by atoms with Crippen molar-refractivity contribution in [3.63, 3.8) is 0 Å². The molecule has 1 aromatic carbocycles. The topological polar surface area (TPSA) is 136 Å². The van der Waals surface area contributed by atoms with Gasteiger partial charge < -0.3 is 39.5 Å². The van der Waals surface area contributed by atoms with E-state index in [2.05, 4.69) is 32.2 Å². The summed E-state index contributed by atoms with van der Waals surface area (Å²) in [5.74, 6) is 2.14. The Balaban J connectivity index is 1.34. The number of fused-ring (bicyclic) bond motifs is 2. The largest absolute Gasteiger partial charge is 0.487 e. The van der Waals surface area contributed by atoms with Crippen LogP contribution in [0.5, 0.6) is 11.5 Å². The monoisotopic (exact) mass is 509 g/mol. The number of likely N-dealkylation sites (tertiary alicyclic amines) is 1. The molecular weight excluding hydrogens is 478 g/mol. The van der Waals surface area contributed by atoms with Crippen molar-refractivity contribution in [1.29, 1.82) is 0 Å². The molecule has 196 valence electrons. The summed E-state index contributed by atoms with van der Waals surface area (Å²) in [4.78, 5) is 30.6. The number of nitrogens with zero attached hydrogens (tertiary/aromatic N) is 4. The van der Waals surface area contributed by atoms with Gasteiger partial charge >= 0.3 is 0 Å². The highest BCUT2D eigenvalue weighted by molar-refractivity contribution is 5.87. The second-order valence-corrected chi connectivity index (χ2v) is 8.68. The Morgan fingerprint density at radius 3 is 2.68 bits per heavy atom. The van der Waals surface area contributed by atoms with Gasteiger partial charge in [0, 0.05) is 30.9 Å². The predicted molar refractivity (Wildman–Crippen MR) is 137 cm³/mol. The van der Waals surface area contributed by atoms with Crippen LogP contribution in [0.2, 0.25) is 0 Å². The van der Waals surface area contributed by atoms with Gasteiger partial charge in [-0.15, -0.1) is 0 Å². The fourth-order valence-corrected chi connectivity index (χ4v) is 4.30. The zero-order valence-corrected chi connectivity index (χ0v) is 20.6. The molecule has 4 heterocycles. The Morgan fingerprint density at radius 2 is 1.86 bits per heavy atom. The lowest BCUT2D eigenvalue weighted by Gasteiger charge is -2.32. The first-order valence-electron chi connectivity index (χ1n) is 12.4. The van der Waals surface area contributed by atoms with E-state index in [9.17, 15) is 4.79 Å². The number of H-pyrrole nitrogens is 1. The molecule has 0 bridgehead atoms. The number of carbonyl (C=O) groups is 1. The molecule has 37 heavy (non-hydrogen) atoms. The molecule has 12 nitrogen and oxygen atoms in total. The van der Waals surface area contributed by atoms with Crippen LogP contribution in [0.3, 0.4) is 0 Å². The average molecular weight is 510 g/mol. The molecule has 12 heteroatoms. The molecule has 3 N–H and O–H groups in total. The average Bonchev–Trinajstić information content (AvgIpc) is 3.38. The van der Waals surface area contributed by atoms with Crippen LogP contribution in [-0.4, -0.2) is 89.5 Å². The molecule has 2 aliphatic rings. The van der Waals surface area contributed by atoms with E-state index < -0.39 is 0 Å². The van der Waals surface area contributed by atoms with Crippen molar-refractivity contribution in [3.05, 3.63) is 37.2 Å². The van der Waals surface area contributed by atoms with Crippen molar-refractivity contribution in [2.24, 2.45) is 0 Å². The molecule has 3 aromatic rings. The zero-order valence-electron chi connectivity index (χ0n) is 20.6. The fourth-order valence-electron chi connectivity index (χ4n) is 4.30. The molecule has 1 fully saturated rings. The summed E-state index contributed by atoms with van der Waals surface area (Å²) >= 11 is 0. The molecule has 1 amide bonds. The number of hydrogen-bond donors (Lipinski definition) is 3. The molecule has 0 unspecified atom stereocenters. The predicted octanol–water partition coefficient (Wildman–Crippen LogP) is 2.49. The van der Waals surface area contributed by atoms with Crippen molar-refractivity contribution in [1.82, 2.24) is 24.8 Å². The van der Waals surface area contributed by atoms with E-state index >= 15 is 0 Å². The van der Waals surface area contributed by atoms with Crippen LogP contribution in [0.4, 0.5) is 17.5 Å². The minimum atomic E-state index is -0.0649. The Hall–Kier alpha value is -3.90. The van der Waals surface area contributed by atoms with Gasteiger partial charge in [-0.2, -0.15) is 9.97 Å². The summed E-state index contributed by atoms with van der Waals surface area (Å²) in [6, 6.07) is 5.59. The number of aromatic amines is 1. The second-order valence-electron chi connectivity index (χ2n) is 8.68. The van der Waals surface area contributed by atoms with Gasteiger partial charge in [-0.25, -0.2) is 4.98 Å². The van der Waals surface area contributed by atoms with E-state index in [1.807, 2.05) is 18.2 Å². The Morgan fingerprint density at radius 1 is 1.08 bits per heavy atom. The lowest BCUT2D eigenvalue weighted by Crippen LogP contribution is -2.44. The van der Waals surface area contributed by atoms with Gasteiger partial charge in [0.05, 0.1) is 32.8 Å². The zero-order chi connectivity index (χ0) is 25.5. The smallest absolute Gasteiger partial charge is 0.246 e. The second kappa shape index (κ2) is 11.9. The van der Waals surface area contributed by atoms with Crippen LogP contribution in [0.15, 0.2) is 37.2 Å². The first-order chi connectivity index (χ1) is 18.2. The van der Waals surface area contributed by atoms with Crippen LogP contribution in [0.1, 0.15) is 12.8 Å². The van der Waals surface area contributed by atoms with E-state index in [-0.39, 0.29) is 11.9 Å². The SMILES string of the molecule is C=CC(=O)N1CCC[C@@H](Nc2nc(Nc3ccc4c(c3)OCCOCCOCCO4)nc3nc[nH]c23)C1. The fraction of sp³-hybridized carbons (Fsp3) is 0.440. The number of piperidine rings is 1. The molecule has 0 radical (unpaired) electrons. The molecule has 2 aromatic heterocycles. The van der Waals surface area contributed by atoms with E-state index in [1.54, 1.807) is 11.2 Å². The summed E-state index contributed by atoms with van der Waals surface area (Å²) in [5.41, 5.74) is 1.96. The minimum Gasteiger partial charge on any atom is -0.487 e. The number of carbonyl (C=O) groups excluding carboxylic acids is 1. The molecule has 2 aliphatic heterocycles. The maximum absolute atomic E-state index is 12.1. The number of amides is 1. The number of aromatic nitrogens is 4. The number of hydrogen-bond acceptors (Lipinski definition) is 10. The maximum Gasteiger partial charge on any atom is 0.246 e. The normalized spacial score (nSPS) is 18.9. The molecule has 5 rings (SSSR count). The van der Waals surface area contributed by atoms with Crippen molar-refractivity contribution < 1.29 is 23.7 Å². The number of imidazole rings is 1. The molecule has 1 saturated heterocycles. The van der Waals surface area contributed by atoms with Crippen molar-refractivity contribution in [2.75, 3.05) is 63.4 Å². The Kier molecular flexibility index (Phi) is 7.96. The van der Waals surface area contributed by atoms with Gasteiger partial charge in [-0.3, -0.25) is 4.79 Å². The number of nitrogens with one attached hydrogen (secondary N) is 3. The lowest BCUT2D eigenvalue weighted by atomic mass is 10.1. The summed E-state index contributed by atoms with van der Waals surface area (Å²) in [5, 5.41) is 6.72. The van der Waals surface area contributed by atoms with Crippen LogP contribution in [-0.2, 0) is 14.3 Å². The molecular formula is C25H31N7O5. The number of benzene rings is 1. The van der Waals surface area contributed by atoms with Gasteiger partial charge in [0.2, 0.25) is 11.9 Å². The number of anilines is 3. The highest BCUT2D eigenvalue weighted by Crippen LogP contribution is 2.32. The number of rotatable bonds is 5. The van der Waals surface area contributed by atoms with Crippen molar-refractivity contribution in [2.45, 2.75) is 18.9 Å². The highest BCUT2D eigenvalue weighted by atomic mass is 16.6. The van der Waals surface area contributed by atoms with Crippen molar-refractivity contribution >= 4 is 34.5 Å². The quantitative estimate of drug-likeness (QED) is 0.440. The minimum absolute atomic E-state index is 0.0429. The van der Waals surface area contributed by atoms with E-state index in [4.69, 9.17) is 23.9 Å². The van der Waals surface area contributed by atoms with Gasteiger partial charge in [-0.1, -0.05) is 6.58 Å². The van der Waals surface area contributed by atoms with Crippen molar-refractivity contribution in [3.8, 4) is 11.5 Å². The highest BCUT2D eigenvalue weighted by Gasteiger charge is 2.24. The Bertz CT molecular complexity index is 1230. The third-order valence-electron chi connectivity index (χ3n) is 6.08. The van der Waals surface area contributed by atoms with Gasteiger partial charge in [0.15, 0.2) is 23.0 Å². The van der Waals surface area contributed by atoms with Gasteiger partial charge in [0.25, 0.3) is 0 Å². The molecule has 0 spiro atoms. The summed E-state index contributed by atoms with van der Waals surface area (Å²) in [6.07, 6.45) is 4.75. The van der Waals surface area contributed by atoms with Crippen LogP contribution >= 0.6 is 0 Å². The third-order valence-corrected chi connectivity index (χ3v) is 6.08. The maximum atomic E-state index is 12.1. The number of ether oxygens (including phenoxy) is 4. The van der Waals surface area contributed by atoms with Gasteiger partial charge in [-0.05, 0) is 31.1 Å². The van der Waals surface area contributed by atoms with Crippen LogP contribution < -0.4 is 20.1 Å². The standard InChI is InChI=1S/C25H31N7O5/c1-2-21(33)32-7-3-4-18(15-32)28-24-22-23(27-16-26-22)30-25(31-24)29-17-5-6-19-20(14-17)37-13-11-35-9-8-34-10-12-36-19/h2,5-6,14,16,18H,1,3-4,7-13,15H2,(H3,26,27,28,29,30,31)/t18-/m1/s1. The summed E-state index contributed by atoms with van der Waals surface area (Å²) < 4.78 is 22.8. The summed E-state index contributed by atoms with van der Waals surface area (Å²) in [6.45, 7) is 7.66. The van der Waals surface area contributed by atoms with E-state index in [1.165, 1.54) is 6.08 Å². The Labute approximate surface area is 214 Å². The van der Waals surface area contributed by atoms with Gasteiger partial charge in [0.1, 0.15) is 18.7 Å². The molecule has 0 saturated carbocycles.